The van der Waals surface area contributed by atoms with Gasteiger partial charge in [0.25, 0.3) is 10.0 Å². The van der Waals surface area contributed by atoms with Crippen molar-refractivity contribution in [1.82, 2.24) is 19.3 Å². The predicted octanol–water partition coefficient (Wildman–Crippen LogP) is 2.73. The van der Waals surface area contributed by atoms with Crippen LogP contribution in [0.1, 0.15) is 32.5 Å². The molecule has 1 aromatic carbocycles. The summed E-state index contributed by atoms with van der Waals surface area (Å²) in [4.78, 5) is 11.2. The highest BCUT2D eigenvalue weighted by atomic mass is 32.2. The van der Waals surface area contributed by atoms with Crippen LogP contribution >= 0.6 is 0 Å². The Bertz CT molecular complexity index is 1160. The molecule has 0 amide bonds. The Morgan fingerprint density at radius 2 is 2.07 bits per heavy atom. The molecule has 1 unspecified atom stereocenters. The molecule has 1 fully saturated rings. The Morgan fingerprint density at radius 3 is 2.76 bits per heavy atom. The van der Waals surface area contributed by atoms with E-state index < -0.39 is 15.8 Å². The third kappa shape index (κ3) is 3.49. The van der Waals surface area contributed by atoms with Crippen molar-refractivity contribution in [3.8, 4) is 0 Å². The number of imidazole rings is 1. The lowest BCUT2D eigenvalue weighted by Crippen LogP contribution is -2.49. The molecule has 9 heteroatoms. The highest BCUT2D eigenvalue weighted by molar-refractivity contribution is 7.90. The van der Waals surface area contributed by atoms with Crippen molar-refractivity contribution >= 4 is 26.9 Å². The maximum Gasteiger partial charge on any atom is 0.269 e. The first kappa shape index (κ1) is 19.8. The van der Waals surface area contributed by atoms with Crippen LogP contribution in [-0.2, 0) is 10.0 Å². The second-order valence-electron chi connectivity index (χ2n) is 7.65. The molecule has 3 heterocycles. The molecule has 1 aliphatic heterocycles. The fourth-order valence-corrected chi connectivity index (χ4v) is 5.32. The quantitative estimate of drug-likeness (QED) is 0.703. The van der Waals surface area contributed by atoms with E-state index in [9.17, 15) is 12.8 Å². The first-order valence-corrected chi connectivity index (χ1v) is 11.1. The van der Waals surface area contributed by atoms with Gasteiger partial charge in [0.05, 0.1) is 10.4 Å². The van der Waals surface area contributed by atoms with E-state index in [0.717, 1.165) is 25.7 Å². The Hall–Kier alpha value is -2.52. The molecule has 0 saturated carbocycles. The van der Waals surface area contributed by atoms with Gasteiger partial charge >= 0.3 is 0 Å². The van der Waals surface area contributed by atoms with E-state index >= 15 is 0 Å². The molecule has 7 nitrogen and oxygen atoms in total. The number of benzene rings is 1. The number of halogens is 1. The summed E-state index contributed by atoms with van der Waals surface area (Å²) in [5, 5.41) is 3.39. The highest BCUT2D eigenvalue weighted by Gasteiger charge is 2.29. The smallest absolute Gasteiger partial charge is 0.269 e. The number of nitrogens with one attached hydrogen (secondary N) is 1. The molecule has 154 valence electrons. The summed E-state index contributed by atoms with van der Waals surface area (Å²) in [5.41, 5.74) is 0.999. The number of fused-ring (bicyclic) bond motifs is 1. The van der Waals surface area contributed by atoms with Crippen molar-refractivity contribution < 1.29 is 12.8 Å². The fraction of sp³-hybridized carbons (Fsp3) is 0.400. The third-order valence-corrected chi connectivity index (χ3v) is 6.77. The molecule has 0 spiro atoms. The van der Waals surface area contributed by atoms with Gasteiger partial charge < -0.3 is 10.2 Å². The van der Waals surface area contributed by atoms with Crippen molar-refractivity contribution in [3.05, 3.63) is 48.2 Å². The van der Waals surface area contributed by atoms with E-state index in [0.29, 0.717) is 28.7 Å². The van der Waals surface area contributed by atoms with Crippen LogP contribution in [0.2, 0.25) is 0 Å². The SMILES string of the molecule is CC1CN(c2nccc3c2nc(C(C)C)n3S(=O)(=O)c2cccc(F)c2)CCN1. The molecule has 0 aliphatic carbocycles. The molecule has 29 heavy (non-hydrogen) atoms. The Balaban J connectivity index is 1.95. The van der Waals surface area contributed by atoms with Crippen LogP contribution in [0.5, 0.6) is 0 Å². The molecule has 1 saturated heterocycles. The van der Waals surface area contributed by atoms with Crippen LogP contribution in [0.25, 0.3) is 11.0 Å². The van der Waals surface area contributed by atoms with Gasteiger partial charge in [-0.2, -0.15) is 0 Å². The summed E-state index contributed by atoms with van der Waals surface area (Å²) in [6.45, 7) is 8.21. The summed E-state index contributed by atoms with van der Waals surface area (Å²) >= 11 is 0. The van der Waals surface area contributed by atoms with Crippen molar-refractivity contribution in [1.29, 1.82) is 0 Å². The summed E-state index contributed by atoms with van der Waals surface area (Å²) < 4.78 is 41.9. The lowest BCUT2D eigenvalue weighted by molar-refractivity contribution is 0.483. The molecule has 1 aliphatic rings. The van der Waals surface area contributed by atoms with Gasteiger partial charge in [-0.15, -0.1) is 0 Å². The minimum absolute atomic E-state index is 0.104. The monoisotopic (exact) mass is 417 g/mol. The highest BCUT2D eigenvalue weighted by Crippen LogP contribution is 2.31. The Labute approximate surface area is 169 Å². The van der Waals surface area contributed by atoms with Crippen molar-refractivity contribution in [2.24, 2.45) is 0 Å². The Kier molecular flexibility index (Phi) is 5.04. The number of nitrogens with zero attached hydrogens (tertiary/aromatic N) is 4. The zero-order valence-corrected chi connectivity index (χ0v) is 17.4. The van der Waals surface area contributed by atoms with Crippen LogP contribution in [0, 0.1) is 5.82 Å². The average molecular weight is 418 g/mol. The van der Waals surface area contributed by atoms with Crippen LogP contribution in [-0.4, -0.2) is 48.0 Å². The first-order valence-electron chi connectivity index (χ1n) is 9.66. The number of anilines is 1. The number of pyridine rings is 1. The van der Waals surface area contributed by atoms with Gasteiger partial charge in [-0.3, -0.25) is 0 Å². The van der Waals surface area contributed by atoms with Crippen LogP contribution in [0.4, 0.5) is 10.2 Å². The lowest BCUT2D eigenvalue weighted by Gasteiger charge is -2.32. The van der Waals surface area contributed by atoms with Crippen molar-refractivity contribution in [2.75, 3.05) is 24.5 Å². The summed E-state index contributed by atoms with van der Waals surface area (Å²) in [7, 11) is -4.02. The second-order valence-corrected chi connectivity index (χ2v) is 9.44. The van der Waals surface area contributed by atoms with Gasteiger partial charge in [0.1, 0.15) is 17.2 Å². The van der Waals surface area contributed by atoms with Gasteiger partial charge in [0.15, 0.2) is 5.82 Å². The van der Waals surface area contributed by atoms with Crippen molar-refractivity contribution in [2.45, 2.75) is 37.6 Å². The van der Waals surface area contributed by atoms with Crippen LogP contribution < -0.4 is 10.2 Å². The number of rotatable bonds is 4. The lowest BCUT2D eigenvalue weighted by atomic mass is 10.2. The number of piperazine rings is 1. The molecule has 3 aromatic rings. The fourth-order valence-electron chi connectivity index (χ4n) is 3.69. The maximum atomic E-state index is 13.7. The summed E-state index contributed by atoms with van der Waals surface area (Å²) in [6.07, 6.45) is 1.60. The van der Waals surface area contributed by atoms with E-state index in [1.54, 1.807) is 12.3 Å². The van der Waals surface area contributed by atoms with Gasteiger partial charge in [-0.05, 0) is 31.2 Å². The number of hydrogen-bond donors (Lipinski definition) is 1. The van der Waals surface area contributed by atoms with Crippen LogP contribution in [0.3, 0.4) is 0 Å². The molecule has 1 atom stereocenters. The molecule has 1 N–H and O–H groups in total. The second kappa shape index (κ2) is 7.38. The van der Waals surface area contributed by atoms with Gasteiger partial charge in [-0.1, -0.05) is 19.9 Å². The van der Waals surface area contributed by atoms with Gasteiger partial charge in [-0.25, -0.2) is 26.7 Å². The standard InChI is InChI=1S/C20H24FN5O2S/c1-13(2)19-24-18-17(7-8-23-20(18)25-10-9-22-14(3)12-25)26(19)29(27,28)16-6-4-5-15(21)11-16/h4-8,11,13-14,22H,9-10,12H2,1-3H3. The average Bonchev–Trinajstić information content (AvgIpc) is 3.09. The number of aromatic nitrogens is 3. The molecular formula is C20H24FN5O2S. The van der Waals surface area contributed by atoms with E-state index in [-0.39, 0.29) is 10.8 Å². The Morgan fingerprint density at radius 1 is 1.28 bits per heavy atom. The molecule has 2 aromatic heterocycles. The zero-order chi connectivity index (χ0) is 20.8. The third-order valence-electron chi connectivity index (χ3n) is 5.06. The summed E-state index contributed by atoms with van der Waals surface area (Å²) in [6, 6.07) is 7.00. The van der Waals surface area contributed by atoms with E-state index in [1.165, 1.54) is 22.2 Å². The first-order chi connectivity index (χ1) is 13.8. The zero-order valence-electron chi connectivity index (χ0n) is 16.6. The van der Waals surface area contributed by atoms with E-state index in [1.807, 2.05) is 13.8 Å². The van der Waals surface area contributed by atoms with Crippen molar-refractivity contribution in [3.63, 3.8) is 0 Å². The molecule has 4 rings (SSSR count). The minimum atomic E-state index is -4.02. The molecular weight excluding hydrogens is 393 g/mol. The molecule has 0 bridgehead atoms. The topological polar surface area (TPSA) is 80.1 Å². The van der Waals surface area contributed by atoms with E-state index in [2.05, 4.69) is 22.1 Å². The predicted molar refractivity (Wildman–Crippen MR) is 110 cm³/mol. The largest absolute Gasteiger partial charge is 0.352 e. The van der Waals surface area contributed by atoms with Gasteiger partial charge in [0.2, 0.25) is 0 Å². The minimum Gasteiger partial charge on any atom is -0.352 e. The normalized spacial score (nSPS) is 18.0. The summed E-state index contributed by atoms with van der Waals surface area (Å²) in [5.74, 6) is 0.326. The van der Waals surface area contributed by atoms with E-state index in [4.69, 9.17) is 4.98 Å². The van der Waals surface area contributed by atoms with Gasteiger partial charge in [0, 0.05) is 37.8 Å². The number of hydrogen-bond acceptors (Lipinski definition) is 6. The van der Waals surface area contributed by atoms with Crippen LogP contribution in [0.15, 0.2) is 41.4 Å². The molecule has 0 radical (unpaired) electrons. The maximum absolute atomic E-state index is 13.7.